The number of ether oxygens (including phenoxy) is 2. The number of carboxylic acids is 3. The van der Waals surface area contributed by atoms with E-state index >= 15 is 0 Å². The molecular formula is C27H40N2O10. The maximum atomic E-state index is 11.4. The van der Waals surface area contributed by atoms with Gasteiger partial charge >= 0.3 is 17.9 Å². The molecule has 2 saturated heterocycles. The molecule has 0 saturated carbocycles. The minimum absolute atomic E-state index is 0.157. The minimum Gasteiger partial charge on any atom is -0.494 e. The molecule has 2 aliphatic heterocycles. The first kappa shape index (κ1) is 31.8. The zero-order chi connectivity index (χ0) is 29.0. The van der Waals surface area contributed by atoms with Gasteiger partial charge < -0.3 is 39.7 Å². The third-order valence-corrected chi connectivity index (χ3v) is 6.85. The maximum Gasteiger partial charge on any atom is 0.336 e. The highest BCUT2D eigenvalue weighted by Gasteiger charge is 2.40. The van der Waals surface area contributed by atoms with Crippen molar-refractivity contribution < 1.29 is 49.1 Å². The molecule has 39 heavy (non-hydrogen) atoms. The SMILES string of the molecule is CC(=O)N1CCC(Oc2ccc(OCCCN3CCC[C@H]3C)cc2)CC1.O=C(O)CC(O)(CC(=O)O)C(=O)O. The average Bonchev–Trinajstić information content (AvgIpc) is 3.27. The summed E-state index contributed by atoms with van der Waals surface area (Å²) < 4.78 is 11.9. The summed E-state index contributed by atoms with van der Waals surface area (Å²) in [6, 6.07) is 8.66. The first-order chi connectivity index (χ1) is 18.4. The number of rotatable bonds is 12. The van der Waals surface area contributed by atoms with Crippen molar-refractivity contribution in [3.05, 3.63) is 24.3 Å². The van der Waals surface area contributed by atoms with E-state index in [1.54, 1.807) is 6.92 Å². The number of hydrogen-bond donors (Lipinski definition) is 4. The van der Waals surface area contributed by atoms with Crippen LogP contribution in [0.3, 0.4) is 0 Å². The van der Waals surface area contributed by atoms with Gasteiger partial charge in [-0.05, 0) is 57.0 Å². The minimum atomic E-state index is -2.74. The van der Waals surface area contributed by atoms with E-state index in [1.807, 2.05) is 29.2 Å². The highest BCUT2D eigenvalue weighted by atomic mass is 16.5. The van der Waals surface area contributed by atoms with Gasteiger partial charge in [0.15, 0.2) is 5.60 Å². The third-order valence-electron chi connectivity index (χ3n) is 6.85. The molecule has 12 heteroatoms. The Kier molecular flexibility index (Phi) is 12.5. The Morgan fingerprint density at radius 2 is 1.49 bits per heavy atom. The fraction of sp³-hybridized carbons (Fsp3) is 0.630. The van der Waals surface area contributed by atoms with Gasteiger partial charge in [0.1, 0.15) is 17.6 Å². The van der Waals surface area contributed by atoms with Crippen LogP contribution >= 0.6 is 0 Å². The van der Waals surface area contributed by atoms with E-state index < -0.39 is 36.4 Å². The second-order valence-corrected chi connectivity index (χ2v) is 10.0. The highest BCUT2D eigenvalue weighted by molar-refractivity contribution is 5.88. The first-order valence-corrected chi connectivity index (χ1v) is 13.2. The molecular weight excluding hydrogens is 512 g/mol. The van der Waals surface area contributed by atoms with Crippen LogP contribution in [0.25, 0.3) is 0 Å². The molecule has 0 aliphatic carbocycles. The lowest BCUT2D eigenvalue weighted by molar-refractivity contribution is -0.170. The van der Waals surface area contributed by atoms with Gasteiger partial charge in [0.25, 0.3) is 0 Å². The predicted octanol–water partition coefficient (Wildman–Crippen LogP) is 2.08. The summed E-state index contributed by atoms with van der Waals surface area (Å²) in [7, 11) is 0. The molecule has 0 spiro atoms. The van der Waals surface area contributed by atoms with Crippen LogP contribution in [-0.4, -0.2) is 105 Å². The number of nitrogens with zero attached hydrogens (tertiary/aromatic N) is 2. The quantitative estimate of drug-likeness (QED) is 0.280. The first-order valence-electron chi connectivity index (χ1n) is 13.2. The van der Waals surface area contributed by atoms with Crippen LogP contribution in [0.2, 0.25) is 0 Å². The summed E-state index contributed by atoms with van der Waals surface area (Å²) >= 11 is 0. The molecule has 3 rings (SSSR count). The Morgan fingerprint density at radius 3 is 1.95 bits per heavy atom. The van der Waals surface area contributed by atoms with Gasteiger partial charge in [-0.2, -0.15) is 0 Å². The van der Waals surface area contributed by atoms with Gasteiger partial charge in [0, 0.05) is 45.4 Å². The number of aliphatic carboxylic acids is 3. The summed E-state index contributed by atoms with van der Waals surface area (Å²) in [4.78, 5) is 46.3. The van der Waals surface area contributed by atoms with E-state index in [0.717, 1.165) is 63.0 Å². The molecule has 1 aromatic carbocycles. The number of carboxylic acid groups (broad SMARTS) is 3. The standard InChI is InChI=1S/C21H32N2O3.C6H8O7/c1-17-5-3-12-22(17)13-4-16-25-19-6-8-20(9-7-19)26-21-10-14-23(15-11-21)18(2)24;7-3(8)1-6(13,5(11)12)2-4(9)10/h6-9,17,21H,3-5,10-16H2,1-2H3;13H,1-2H2,(H,7,8)(H,9,10)(H,11,12)/t17-;/m1./s1. The van der Waals surface area contributed by atoms with Crippen LogP contribution in [0.4, 0.5) is 0 Å². The van der Waals surface area contributed by atoms with E-state index in [4.69, 9.17) is 29.9 Å². The fourth-order valence-electron chi connectivity index (χ4n) is 4.59. The average molecular weight is 553 g/mol. The van der Waals surface area contributed by atoms with E-state index in [9.17, 15) is 19.2 Å². The zero-order valence-electron chi connectivity index (χ0n) is 22.6. The lowest BCUT2D eigenvalue weighted by Gasteiger charge is -2.31. The van der Waals surface area contributed by atoms with Crippen LogP contribution in [0.1, 0.15) is 58.8 Å². The van der Waals surface area contributed by atoms with Crippen molar-refractivity contribution in [1.82, 2.24) is 9.80 Å². The van der Waals surface area contributed by atoms with Gasteiger partial charge in [-0.25, -0.2) is 4.79 Å². The summed E-state index contributed by atoms with van der Waals surface area (Å²) in [6.45, 7) is 8.64. The van der Waals surface area contributed by atoms with Crippen molar-refractivity contribution in [2.75, 3.05) is 32.8 Å². The van der Waals surface area contributed by atoms with Gasteiger partial charge in [0.2, 0.25) is 5.91 Å². The lowest BCUT2D eigenvalue weighted by atomic mass is 9.96. The number of benzene rings is 1. The second-order valence-electron chi connectivity index (χ2n) is 10.0. The Labute approximate surface area is 228 Å². The number of aliphatic hydroxyl groups is 1. The summed E-state index contributed by atoms with van der Waals surface area (Å²) in [5, 5.41) is 33.8. The summed E-state index contributed by atoms with van der Waals surface area (Å²) in [5.41, 5.74) is -2.74. The molecule has 2 aliphatic rings. The van der Waals surface area contributed by atoms with Gasteiger partial charge in [-0.15, -0.1) is 0 Å². The zero-order valence-corrected chi connectivity index (χ0v) is 22.6. The van der Waals surface area contributed by atoms with Gasteiger partial charge in [-0.3, -0.25) is 14.4 Å². The number of carbonyl (C=O) groups excluding carboxylic acids is 1. The Hall–Kier alpha value is -3.38. The fourth-order valence-corrected chi connectivity index (χ4v) is 4.59. The Bertz CT molecular complexity index is 944. The molecule has 12 nitrogen and oxygen atoms in total. The lowest BCUT2D eigenvalue weighted by Crippen LogP contribution is -2.42. The van der Waals surface area contributed by atoms with E-state index in [2.05, 4.69) is 11.8 Å². The number of carbonyl (C=O) groups is 4. The van der Waals surface area contributed by atoms with Crippen LogP contribution in [0, 0.1) is 0 Å². The highest BCUT2D eigenvalue weighted by Crippen LogP contribution is 2.23. The molecule has 0 bridgehead atoms. The van der Waals surface area contributed by atoms with Gasteiger partial charge in [0.05, 0.1) is 19.4 Å². The number of amides is 1. The molecule has 1 aromatic rings. The van der Waals surface area contributed by atoms with Crippen LogP contribution in [0.5, 0.6) is 11.5 Å². The molecule has 1 atom stereocenters. The van der Waals surface area contributed by atoms with E-state index in [-0.39, 0.29) is 12.0 Å². The number of piperidine rings is 1. The molecule has 2 fully saturated rings. The van der Waals surface area contributed by atoms with Crippen molar-refractivity contribution in [3.63, 3.8) is 0 Å². The number of likely N-dealkylation sites (tertiary alicyclic amines) is 2. The largest absolute Gasteiger partial charge is 0.494 e. The van der Waals surface area contributed by atoms with Crippen molar-refractivity contribution in [2.24, 2.45) is 0 Å². The molecule has 1 amide bonds. The third kappa shape index (κ3) is 11.1. The van der Waals surface area contributed by atoms with E-state index in [1.165, 1.54) is 19.4 Å². The predicted molar refractivity (Wildman–Crippen MR) is 140 cm³/mol. The topological polar surface area (TPSA) is 174 Å². The summed E-state index contributed by atoms with van der Waals surface area (Å²) in [5.74, 6) is -3.08. The second kappa shape index (κ2) is 15.3. The molecule has 0 aromatic heterocycles. The smallest absolute Gasteiger partial charge is 0.336 e. The monoisotopic (exact) mass is 552 g/mol. The molecule has 2 heterocycles. The molecule has 0 radical (unpaired) electrons. The van der Waals surface area contributed by atoms with Crippen molar-refractivity contribution in [2.45, 2.75) is 76.5 Å². The van der Waals surface area contributed by atoms with Crippen molar-refractivity contribution in [1.29, 1.82) is 0 Å². The molecule has 0 unspecified atom stereocenters. The summed E-state index contributed by atoms with van der Waals surface area (Å²) in [6.07, 6.45) is 3.42. The Balaban J connectivity index is 0.000000349. The van der Waals surface area contributed by atoms with E-state index in [0.29, 0.717) is 0 Å². The molecule has 218 valence electrons. The maximum absolute atomic E-state index is 11.4. The normalized spacial score (nSPS) is 18.1. The Morgan fingerprint density at radius 1 is 0.923 bits per heavy atom. The van der Waals surface area contributed by atoms with Crippen LogP contribution < -0.4 is 9.47 Å². The molecule has 4 N–H and O–H groups in total. The van der Waals surface area contributed by atoms with Crippen molar-refractivity contribution >= 4 is 23.8 Å². The van der Waals surface area contributed by atoms with Crippen LogP contribution in [-0.2, 0) is 19.2 Å². The van der Waals surface area contributed by atoms with Gasteiger partial charge in [-0.1, -0.05) is 0 Å². The number of hydrogen-bond acceptors (Lipinski definition) is 8. The van der Waals surface area contributed by atoms with Crippen LogP contribution in [0.15, 0.2) is 24.3 Å². The van der Waals surface area contributed by atoms with Crippen molar-refractivity contribution in [3.8, 4) is 11.5 Å².